The van der Waals surface area contributed by atoms with Crippen LogP contribution >= 0.6 is 0 Å². The molecule has 0 aliphatic heterocycles. The molecule has 0 spiro atoms. The smallest absolute Gasteiger partial charge is 0.0810 e. The molecule has 3 aliphatic rings. The second kappa shape index (κ2) is 6.11. The third-order valence-electron chi connectivity index (χ3n) is 5.13. The van der Waals surface area contributed by atoms with Crippen molar-refractivity contribution in [3.05, 3.63) is 0 Å². The highest BCUT2D eigenvalue weighted by atomic mass is 16.5. The molecule has 0 saturated heterocycles. The quantitative estimate of drug-likeness (QED) is 0.802. The SMILES string of the molecule is COC1CCCC(OC2(CNC3CC3)CCCC2)C1. The Kier molecular flexibility index (Phi) is 4.45. The van der Waals surface area contributed by atoms with Crippen molar-refractivity contribution >= 4 is 0 Å². The highest BCUT2D eigenvalue weighted by Crippen LogP contribution is 2.37. The maximum absolute atomic E-state index is 6.61. The molecule has 2 atom stereocenters. The lowest BCUT2D eigenvalue weighted by molar-refractivity contribution is -0.119. The molecule has 2 unspecified atom stereocenters. The lowest BCUT2D eigenvalue weighted by Gasteiger charge is -2.37. The topological polar surface area (TPSA) is 30.5 Å². The Morgan fingerprint density at radius 3 is 2.42 bits per heavy atom. The monoisotopic (exact) mass is 267 g/mol. The Balaban J connectivity index is 1.53. The molecule has 0 amide bonds. The first-order valence-corrected chi connectivity index (χ1v) is 8.24. The molecular formula is C16H29NO2. The highest BCUT2D eigenvalue weighted by Gasteiger charge is 2.39. The van der Waals surface area contributed by atoms with E-state index in [1.165, 1.54) is 57.8 Å². The van der Waals surface area contributed by atoms with Crippen molar-refractivity contribution in [3.63, 3.8) is 0 Å². The number of hydrogen-bond donors (Lipinski definition) is 1. The van der Waals surface area contributed by atoms with Gasteiger partial charge in [-0.05, 0) is 51.4 Å². The Morgan fingerprint density at radius 1 is 1.00 bits per heavy atom. The van der Waals surface area contributed by atoms with Gasteiger partial charge < -0.3 is 14.8 Å². The summed E-state index contributed by atoms with van der Waals surface area (Å²) in [6.45, 7) is 1.08. The van der Waals surface area contributed by atoms with Crippen LogP contribution in [0.4, 0.5) is 0 Å². The van der Waals surface area contributed by atoms with Crippen LogP contribution in [0.1, 0.15) is 64.2 Å². The highest BCUT2D eigenvalue weighted by molar-refractivity contribution is 4.93. The van der Waals surface area contributed by atoms with Gasteiger partial charge in [0.05, 0.1) is 17.8 Å². The Labute approximate surface area is 117 Å². The first kappa shape index (κ1) is 13.8. The van der Waals surface area contributed by atoms with Gasteiger partial charge in [0, 0.05) is 19.7 Å². The van der Waals surface area contributed by atoms with Crippen LogP contribution in [0.2, 0.25) is 0 Å². The van der Waals surface area contributed by atoms with E-state index >= 15 is 0 Å². The summed E-state index contributed by atoms with van der Waals surface area (Å²) in [5, 5.41) is 3.70. The summed E-state index contributed by atoms with van der Waals surface area (Å²) in [5.74, 6) is 0. The second-order valence-electron chi connectivity index (χ2n) is 6.81. The number of methoxy groups -OCH3 is 1. The molecule has 0 aromatic rings. The zero-order chi connectivity index (χ0) is 13.1. The lowest BCUT2D eigenvalue weighted by atomic mass is 9.93. The molecule has 0 aromatic carbocycles. The normalized spacial score (nSPS) is 34.6. The molecule has 0 radical (unpaired) electrons. The van der Waals surface area contributed by atoms with Gasteiger partial charge >= 0.3 is 0 Å². The van der Waals surface area contributed by atoms with E-state index < -0.39 is 0 Å². The lowest BCUT2D eigenvalue weighted by Crippen LogP contribution is -2.45. The minimum Gasteiger partial charge on any atom is -0.381 e. The third-order valence-corrected chi connectivity index (χ3v) is 5.13. The molecule has 1 N–H and O–H groups in total. The van der Waals surface area contributed by atoms with Crippen molar-refractivity contribution in [1.29, 1.82) is 0 Å². The van der Waals surface area contributed by atoms with Crippen LogP contribution in [-0.4, -0.2) is 37.5 Å². The first-order valence-electron chi connectivity index (χ1n) is 8.24. The molecule has 0 bridgehead atoms. The standard InChI is InChI=1S/C16H29NO2/c1-18-14-5-4-6-15(11-14)19-16(9-2-3-10-16)12-17-13-7-8-13/h13-15,17H,2-12H2,1H3. The summed E-state index contributed by atoms with van der Waals surface area (Å²) in [4.78, 5) is 0. The molecule has 3 saturated carbocycles. The van der Waals surface area contributed by atoms with Gasteiger partial charge in [0.15, 0.2) is 0 Å². The van der Waals surface area contributed by atoms with Crippen LogP contribution in [0, 0.1) is 0 Å². The summed E-state index contributed by atoms with van der Waals surface area (Å²) in [6, 6.07) is 0.791. The van der Waals surface area contributed by atoms with Gasteiger partial charge in [0.2, 0.25) is 0 Å². The molecule has 0 aromatic heterocycles. The van der Waals surface area contributed by atoms with E-state index in [9.17, 15) is 0 Å². The molecule has 3 nitrogen and oxygen atoms in total. The van der Waals surface area contributed by atoms with E-state index in [1.807, 2.05) is 7.11 Å². The van der Waals surface area contributed by atoms with Gasteiger partial charge in [-0.25, -0.2) is 0 Å². The van der Waals surface area contributed by atoms with Crippen molar-refractivity contribution in [2.75, 3.05) is 13.7 Å². The van der Waals surface area contributed by atoms with Gasteiger partial charge in [0.1, 0.15) is 0 Å². The number of rotatable bonds is 6. The fourth-order valence-electron chi connectivity index (χ4n) is 3.75. The van der Waals surface area contributed by atoms with Crippen LogP contribution in [0.3, 0.4) is 0 Å². The van der Waals surface area contributed by atoms with Gasteiger partial charge in [0.25, 0.3) is 0 Å². The first-order chi connectivity index (χ1) is 9.30. The van der Waals surface area contributed by atoms with Crippen LogP contribution in [0.15, 0.2) is 0 Å². The van der Waals surface area contributed by atoms with Crippen LogP contribution in [0.5, 0.6) is 0 Å². The Hall–Kier alpha value is -0.120. The molecular weight excluding hydrogens is 238 g/mol. The summed E-state index contributed by atoms with van der Waals surface area (Å²) < 4.78 is 12.1. The van der Waals surface area contributed by atoms with Crippen LogP contribution in [0.25, 0.3) is 0 Å². The predicted molar refractivity (Wildman–Crippen MR) is 76.4 cm³/mol. The summed E-state index contributed by atoms with van der Waals surface area (Å²) in [5.41, 5.74) is 0.142. The fourth-order valence-corrected chi connectivity index (χ4v) is 3.75. The van der Waals surface area contributed by atoms with Crippen molar-refractivity contribution in [2.45, 2.75) is 88.1 Å². The number of nitrogens with one attached hydrogen (secondary N) is 1. The molecule has 3 rings (SSSR count). The summed E-state index contributed by atoms with van der Waals surface area (Å²) >= 11 is 0. The van der Waals surface area contributed by atoms with E-state index in [4.69, 9.17) is 9.47 Å². The molecule has 3 aliphatic carbocycles. The van der Waals surface area contributed by atoms with Crippen molar-refractivity contribution in [3.8, 4) is 0 Å². The number of hydrogen-bond acceptors (Lipinski definition) is 3. The fraction of sp³-hybridized carbons (Fsp3) is 1.00. The Bertz CT molecular complexity index is 284. The molecule has 3 heteroatoms. The molecule has 19 heavy (non-hydrogen) atoms. The summed E-state index contributed by atoms with van der Waals surface area (Å²) in [7, 11) is 1.84. The number of ether oxygens (including phenoxy) is 2. The maximum Gasteiger partial charge on any atom is 0.0810 e. The average molecular weight is 267 g/mol. The largest absolute Gasteiger partial charge is 0.381 e. The van der Waals surface area contributed by atoms with Gasteiger partial charge in [-0.3, -0.25) is 0 Å². The van der Waals surface area contributed by atoms with Crippen molar-refractivity contribution in [2.24, 2.45) is 0 Å². The van der Waals surface area contributed by atoms with Crippen molar-refractivity contribution < 1.29 is 9.47 Å². The maximum atomic E-state index is 6.61. The molecule has 0 heterocycles. The molecule has 3 fully saturated rings. The van der Waals surface area contributed by atoms with E-state index in [-0.39, 0.29) is 5.60 Å². The minimum absolute atomic E-state index is 0.142. The average Bonchev–Trinajstić information content (AvgIpc) is 3.17. The van der Waals surface area contributed by atoms with E-state index in [1.54, 1.807) is 0 Å². The zero-order valence-corrected chi connectivity index (χ0v) is 12.3. The predicted octanol–water partition coefficient (Wildman–Crippen LogP) is 3.03. The van der Waals surface area contributed by atoms with E-state index in [0.717, 1.165) is 19.0 Å². The van der Waals surface area contributed by atoms with Gasteiger partial charge in [-0.1, -0.05) is 12.8 Å². The van der Waals surface area contributed by atoms with Crippen LogP contribution < -0.4 is 5.32 Å². The van der Waals surface area contributed by atoms with Gasteiger partial charge in [-0.2, -0.15) is 0 Å². The molecule has 110 valence electrons. The van der Waals surface area contributed by atoms with Gasteiger partial charge in [-0.15, -0.1) is 0 Å². The third kappa shape index (κ3) is 3.71. The minimum atomic E-state index is 0.142. The van der Waals surface area contributed by atoms with Crippen LogP contribution in [-0.2, 0) is 9.47 Å². The van der Waals surface area contributed by atoms with E-state index in [2.05, 4.69) is 5.32 Å². The van der Waals surface area contributed by atoms with Crippen molar-refractivity contribution in [1.82, 2.24) is 5.32 Å². The zero-order valence-electron chi connectivity index (χ0n) is 12.3. The second-order valence-corrected chi connectivity index (χ2v) is 6.81. The Morgan fingerprint density at radius 2 is 1.74 bits per heavy atom. The summed E-state index contributed by atoms with van der Waals surface area (Å²) in [6.07, 6.45) is 13.6. The van der Waals surface area contributed by atoms with E-state index in [0.29, 0.717) is 12.2 Å².